The van der Waals surface area contributed by atoms with E-state index in [9.17, 15) is 4.79 Å². The molecule has 1 fully saturated rings. The van der Waals surface area contributed by atoms with Crippen molar-refractivity contribution < 1.29 is 9.53 Å². The second-order valence-electron chi connectivity index (χ2n) is 5.52. The Kier molecular flexibility index (Phi) is 6.99. The molecule has 2 atom stereocenters. The lowest BCUT2D eigenvalue weighted by molar-refractivity contribution is -0.140. The predicted octanol–water partition coefficient (Wildman–Crippen LogP) is 2.52. The molecular formula is C16H25ClN2O2. The van der Waals surface area contributed by atoms with Crippen LogP contribution in [0, 0.1) is 6.92 Å². The number of aryl methyl sites for hydroxylation is 1. The Hall–Kier alpha value is -1.26. The molecule has 1 amide bonds. The minimum atomic E-state index is -0.415. The van der Waals surface area contributed by atoms with E-state index in [1.165, 1.54) is 0 Å². The van der Waals surface area contributed by atoms with Crippen molar-refractivity contribution in [1.82, 2.24) is 4.90 Å². The van der Waals surface area contributed by atoms with Gasteiger partial charge in [-0.2, -0.15) is 0 Å². The maximum atomic E-state index is 12.5. The van der Waals surface area contributed by atoms with E-state index in [4.69, 9.17) is 10.5 Å². The minimum Gasteiger partial charge on any atom is -0.481 e. The van der Waals surface area contributed by atoms with Gasteiger partial charge in [0, 0.05) is 19.1 Å². The van der Waals surface area contributed by atoms with Gasteiger partial charge in [0.15, 0.2) is 6.10 Å². The molecule has 0 bridgehead atoms. The normalized spacial score (nSPS) is 19.6. The molecule has 118 valence electrons. The average Bonchev–Trinajstić information content (AvgIpc) is 2.44. The van der Waals surface area contributed by atoms with Gasteiger partial charge < -0.3 is 15.4 Å². The summed E-state index contributed by atoms with van der Waals surface area (Å²) in [7, 11) is 0. The minimum absolute atomic E-state index is 0. The number of carbonyl (C=O) groups is 1. The van der Waals surface area contributed by atoms with Gasteiger partial charge in [-0.25, -0.2) is 0 Å². The Balaban J connectivity index is 0.00000220. The number of rotatable bonds is 4. The molecule has 1 aromatic carbocycles. The molecule has 0 spiro atoms. The van der Waals surface area contributed by atoms with Gasteiger partial charge in [0.25, 0.3) is 5.91 Å². The van der Waals surface area contributed by atoms with Crippen LogP contribution in [0.1, 0.15) is 31.7 Å². The predicted molar refractivity (Wildman–Crippen MR) is 86.9 cm³/mol. The van der Waals surface area contributed by atoms with Crippen molar-refractivity contribution in [2.24, 2.45) is 5.73 Å². The molecule has 0 saturated carbocycles. The number of nitrogens with zero attached hydrogens (tertiary/aromatic N) is 1. The number of piperidine rings is 1. The summed E-state index contributed by atoms with van der Waals surface area (Å²) in [6.07, 6.45) is 2.23. The van der Waals surface area contributed by atoms with Crippen LogP contribution in [0.3, 0.4) is 0 Å². The average molecular weight is 313 g/mol. The summed E-state index contributed by atoms with van der Waals surface area (Å²) in [6, 6.07) is 7.91. The molecule has 2 N–H and O–H groups in total. The lowest BCUT2D eigenvalue weighted by Crippen LogP contribution is -2.50. The van der Waals surface area contributed by atoms with E-state index in [0.29, 0.717) is 13.0 Å². The van der Waals surface area contributed by atoms with Gasteiger partial charge in [0.05, 0.1) is 0 Å². The van der Waals surface area contributed by atoms with Gasteiger partial charge >= 0.3 is 0 Å². The molecule has 0 aromatic heterocycles. The highest BCUT2D eigenvalue weighted by molar-refractivity contribution is 5.85. The zero-order valence-electron chi connectivity index (χ0n) is 12.7. The van der Waals surface area contributed by atoms with Crippen molar-refractivity contribution in [2.75, 3.05) is 13.1 Å². The molecule has 0 aliphatic carbocycles. The van der Waals surface area contributed by atoms with Gasteiger partial charge in [0.1, 0.15) is 5.75 Å². The third-order valence-electron chi connectivity index (χ3n) is 3.68. The van der Waals surface area contributed by atoms with Crippen LogP contribution < -0.4 is 10.5 Å². The van der Waals surface area contributed by atoms with Crippen molar-refractivity contribution in [3.05, 3.63) is 29.8 Å². The van der Waals surface area contributed by atoms with Crippen LogP contribution in [0.25, 0.3) is 0 Å². The summed E-state index contributed by atoms with van der Waals surface area (Å²) in [6.45, 7) is 5.42. The summed E-state index contributed by atoms with van der Waals surface area (Å²) in [5, 5.41) is 0. The van der Waals surface area contributed by atoms with E-state index in [1.54, 1.807) is 0 Å². The number of nitrogens with two attached hydrogens (primary N) is 1. The Bertz CT molecular complexity index is 467. The van der Waals surface area contributed by atoms with Gasteiger partial charge in [-0.3, -0.25) is 4.79 Å². The van der Waals surface area contributed by atoms with Crippen molar-refractivity contribution in [3.63, 3.8) is 0 Å². The van der Waals surface area contributed by atoms with E-state index in [-0.39, 0.29) is 24.4 Å². The van der Waals surface area contributed by atoms with Crippen molar-refractivity contribution >= 4 is 18.3 Å². The third kappa shape index (κ3) is 4.90. The molecule has 1 saturated heterocycles. The first-order valence-electron chi connectivity index (χ1n) is 7.38. The zero-order valence-corrected chi connectivity index (χ0v) is 13.6. The fourth-order valence-electron chi connectivity index (χ4n) is 2.58. The molecule has 1 aliphatic heterocycles. The SMILES string of the molecule is CCC(Oc1cccc(C)c1)C(=O)N1CCCC(N)C1.Cl. The molecule has 2 unspecified atom stereocenters. The highest BCUT2D eigenvalue weighted by Gasteiger charge is 2.28. The molecule has 2 rings (SSSR count). The van der Waals surface area contributed by atoms with E-state index in [1.807, 2.05) is 43.0 Å². The highest BCUT2D eigenvalue weighted by Crippen LogP contribution is 2.18. The summed E-state index contributed by atoms with van der Waals surface area (Å²) in [4.78, 5) is 14.4. The summed E-state index contributed by atoms with van der Waals surface area (Å²) >= 11 is 0. The highest BCUT2D eigenvalue weighted by atomic mass is 35.5. The number of ether oxygens (including phenoxy) is 1. The van der Waals surface area contributed by atoms with Crippen LogP contribution in [0.2, 0.25) is 0 Å². The van der Waals surface area contributed by atoms with E-state index < -0.39 is 6.10 Å². The third-order valence-corrected chi connectivity index (χ3v) is 3.68. The van der Waals surface area contributed by atoms with E-state index in [2.05, 4.69) is 0 Å². The summed E-state index contributed by atoms with van der Waals surface area (Å²) in [5.74, 6) is 0.815. The molecule has 1 heterocycles. The smallest absolute Gasteiger partial charge is 0.263 e. The molecule has 1 aliphatic rings. The topological polar surface area (TPSA) is 55.6 Å². The van der Waals surface area contributed by atoms with Crippen LogP contribution >= 0.6 is 12.4 Å². The lowest BCUT2D eigenvalue weighted by atomic mass is 10.1. The first kappa shape index (κ1) is 17.8. The number of amides is 1. The molecule has 5 heteroatoms. The lowest BCUT2D eigenvalue weighted by Gasteiger charge is -2.33. The Morgan fingerprint density at radius 2 is 2.29 bits per heavy atom. The van der Waals surface area contributed by atoms with Crippen molar-refractivity contribution in [1.29, 1.82) is 0 Å². The number of likely N-dealkylation sites (tertiary alicyclic amines) is 1. The molecular weight excluding hydrogens is 288 g/mol. The fraction of sp³-hybridized carbons (Fsp3) is 0.562. The zero-order chi connectivity index (χ0) is 14.5. The van der Waals surface area contributed by atoms with Crippen molar-refractivity contribution in [3.8, 4) is 5.75 Å². The second kappa shape index (κ2) is 8.25. The number of carbonyl (C=O) groups excluding carboxylic acids is 1. The Morgan fingerprint density at radius 3 is 2.90 bits per heavy atom. The second-order valence-corrected chi connectivity index (χ2v) is 5.52. The maximum absolute atomic E-state index is 12.5. The quantitative estimate of drug-likeness (QED) is 0.929. The monoisotopic (exact) mass is 312 g/mol. The van der Waals surface area contributed by atoms with Gasteiger partial charge in [-0.05, 0) is 43.9 Å². The van der Waals surface area contributed by atoms with Crippen LogP contribution in [0.4, 0.5) is 0 Å². The number of halogens is 1. The summed E-state index contributed by atoms with van der Waals surface area (Å²) < 4.78 is 5.86. The summed E-state index contributed by atoms with van der Waals surface area (Å²) in [5.41, 5.74) is 7.07. The van der Waals surface area contributed by atoms with Crippen LogP contribution in [-0.2, 0) is 4.79 Å². The molecule has 4 nitrogen and oxygen atoms in total. The van der Waals surface area contributed by atoms with Gasteiger partial charge in [0.2, 0.25) is 0 Å². The van der Waals surface area contributed by atoms with E-state index in [0.717, 1.165) is 30.7 Å². The number of benzene rings is 1. The van der Waals surface area contributed by atoms with Gasteiger partial charge in [-0.15, -0.1) is 12.4 Å². The molecule has 1 aromatic rings. The first-order valence-corrected chi connectivity index (χ1v) is 7.38. The van der Waals surface area contributed by atoms with Gasteiger partial charge in [-0.1, -0.05) is 19.1 Å². The Labute approximate surface area is 133 Å². The van der Waals surface area contributed by atoms with E-state index >= 15 is 0 Å². The fourth-order valence-corrected chi connectivity index (χ4v) is 2.58. The largest absolute Gasteiger partial charge is 0.481 e. The first-order chi connectivity index (χ1) is 9.60. The number of hydrogen-bond acceptors (Lipinski definition) is 3. The van der Waals surface area contributed by atoms with Crippen molar-refractivity contribution in [2.45, 2.75) is 45.3 Å². The number of hydrogen-bond donors (Lipinski definition) is 1. The standard InChI is InChI=1S/C16H24N2O2.ClH/c1-3-15(20-14-8-4-6-12(2)10-14)16(19)18-9-5-7-13(17)11-18;/h4,6,8,10,13,15H,3,5,7,9,11,17H2,1-2H3;1H. The van der Waals surface area contributed by atoms with Crippen LogP contribution in [0.15, 0.2) is 24.3 Å². The molecule has 0 radical (unpaired) electrons. The Morgan fingerprint density at radius 1 is 1.52 bits per heavy atom. The van der Waals surface area contributed by atoms with Crippen LogP contribution in [0.5, 0.6) is 5.75 Å². The molecule has 21 heavy (non-hydrogen) atoms. The van der Waals surface area contributed by atoms with Crippen LogP contribution in [-0.4, -0.2) is 36.0 Å². The maximum Gasteiger partial charge on any atom is 0.263 e.